The highest BCUT2D eigenvalue weighted by molar-refractivity contribution is 6.08. The molecule has 0 unspecified atom stereocenters. The minimum Gasteiger partial charge on any atom is -0.384 e. The summed E-state index contributed by atoms with van der Waals surface area (Å²) in [6, 6.07) is -0.518. The van der Waals surface area contributed by atoms with Gasteiger partial charge in [0.15, 0.2) is 0 Å². The molecule has 1 aliphatic carbocycles. The molecule has 7 heteroatoms. The van der Waals surface area contributed by atoms with Crippen LogP contribution in [0.1, 0.15) is 33.1 Å². The van der Waals surface area contributed by atoms with E-state index in [4.69, 9.17) is 4.74 Å². The van der Waals surface area contributed by atoms with E-state index in [0.29, 0.717) is 13.2 Å². The molecule has 118 valence electrons. The molecule has 0 radical (unpaired) electrons. The molecule has 4 amide bonds. The Bertz CT molecular complexity index is 457. The molecule has 2 fully saturated rings. The number of imide groups is 1. The highest BCUT2D eigenvalue weighted by Crippen LogP contribution is 2.40. The Hall–Kier alpha value is -1.63. The molecular weight excluding hydrogens is 274 g/mol. The number of amides is 4. The minimum atomic E-state index is -0.942. The largest absolute Gasteiger partial charge is 0.384 e. The number of hydrogen-bond donors (Lipinski definition) is 2. The number of ether oxygens (including phenoxy) is 1. The van der Waals surface area contributed by atoms with E-state index in [1.165, 1.54) is 0 Å². The monoisotopic (exact) mass is 297 g/mol. The topological polar surface area (TPSA) is 87.7 Å². The number of carbonyl (C=O) groups is 3. The number of rotatable bonds is 6. The lowest BCUT2D eigenvalue weighted by atomic mass is 9.69. The molecule has 2 aliphatic rings. The van der Waals surface area contributed by atoms with Crippen molar-refractivity contribution in [3.8, 4) is 0 Å². The lowest BCUT2D eigenvalue weighted by Crippen LogP contribution is -2.48. The van der Waals surface area contributed by atoms with Crippen LogP contribution in [0.4, 0.5) is 4.79 Å². The third-order valence-electron chi connectivity index (χ3n) is 4.27. The number of urea groups is 1. The van der Waals surface area contributed by atoms with Crippen molar-refractivity contribution in [1.82, 2.24) is 15.5 Å². The van der Waals surface area contributed by atoms with Crippen LogP contribution in [0.25, 0.3) is 0 Å². The van der Waals surface area contributed by atoms with E-state index in [9.17, 15) is 14.4 Å². The first kappa shape index (κ1) is 15.8. The Kier molecular flexibility index (Phi) is 4.22. The zero-order chi connectivity index (χ0) is 15.7. The summed E-state index contributed by atoms with van der Waals surface area (Å²) < 4.78 is 5.20. The van der Waals surface area contributed by atoms with Crippen molar-refractivity contribution in [2.24, 2.45) is 5.41 Å². The van der Waals surface area contributed by atoms with Crippen LogP contribution in [0, 0.1) is 5.41 Å². The number of nitrogens with one attached hydrogen (secondary N) is 2. The minimum absolute atomic E-state index is 0.0148. The lowest BCUT2D eigenvalue weighted by Gasteiger charge is -2.41. The summed E-state index contributed by atoms with van der Waals surface area (Å²) >= 11 is 0. The van der Waals surface area contributed by atoms with E-state index < -0.39 is 11.6 Å². The quantitative estimate of drug-likeness (QED) is 0.688. The van der Waals surface area contributed by atoms with Crippen LogP contribution < -0.4 is 10.6 Å². The Morgan fingerprint density at radius 2 is 2.05 bits per heavy atom. The highest BCUT2D eigenvalue weighted by atomic mass is 16.5. The maximum Gasteiger partial charge on any atom is 0.325 e. The van der Waals surface area contributed by atoms with Gasteiger partial charge in [-0.1, -0.05) is 6.42 Å². The van der Waals surface area contributed by atoms with E-state index in [2.05, 4.69) is 10.6 Å². The Labute approximate surface area is 124 Å². The molecule has 7 nitrogen and oxygen atoms in total. The van der Waals surface area contributed by atoms with Gasteiger partial charge in [0.25, 0.3) is 5.91 Å². The van der Waals surface area contributed by atoms with Crippen molar-refractivity contribution in [2.45, 2.75) is 38.6 Å². The van der Waals surface area contributed by atoms with Crippen LogP contribution in [-0.4, -0.2) is 55.1 Å². The maximum atomic E-state index is 12.0. The Morgan fingerprint density at radius 1 is 1.38 bits per heavy atom. The van der Waals surface area contributed by atoms with E-state index in [1.807, 2.05) is 0 Å². The van der Waals surface area contributed by atoms with Gasteiger partial charge in [-0.05, 0) is 26.7 Å². The summed E-state index contributed by atoms with van der Waals surface area (Å²) in [7, 11) is 1.65. The van der Waals surface area contributed by atoms with E-state index in [-0.39, 0.29) is 23.8 Å². The molecule has 1 aliphatic heterocycles. The van der Waals surface area contributed by atoms with Crippen LogP contribution in [0.5, 0.6) is 0 Å². The molecule has 2 rings (SSSR count). The van der Waals surface area contributed by atoms with Crippen LogP contribution in [0.3, 0.4) is 0 Å². The number of hydrogen-bond acceptors (Lipinski definition) is 4. The van der Waals surface area contributed by atoms with Crippen molar-refractivity contribution in [3.05, 3.63) is 0 Å². The Morgan fingerprint density at radius 3 is 2.48 bits per heavy atom. The standard InChI is InChI=1S/C14H23N3O4/c1-13(2)11(19)17(12(20)16-13)7-10(18)15-8-14(9-21-3)5-4-6-14/h4-9H2,1-3H3,(H,15,18)(H,16,20). The molecule has 21 heavy (non-hydrogen) atoms. The van der Waals surface area contributed by atoms with Crippen molar-refractivity contribution in [1.29, 1.82) is 0 Å². The van der Waals surface area contributed by atoms with Gasteiger partial charge in [0, 0.05) is 19.1 Å². The summed E-state index contributed by atoms with van der Waals surface area (Å²) in [4.78, 5) is 36.6. The molecule has 0 atom stereocenters. The van der Waals surface area contributed by atoms with E-state index >= 15 is 0 Å². The highest BCUT2D eigenvalue weighted by Gasteiger charge is 2.45. The second-order valence-corrected chi connectivity index (χ2v) is 6.51. The second-order valence-electron chi connectivity index (χ2n) is 6.51. The van der Waals surface area contributed by atoms with Gasteiger partial charge < -0.3 is 15.4 Å². The fourth-order valence-electron chi connectivity index (χ4n) is 2.80. The molecule has 1 heterocycles. The number of nitrogens with zero attached hydrogens (tertiary/aromatic N) is 1. The summed E-state index contributed by atoms with van der Waals surface area (Å²) in [5.41, 5.74) is -0.927. The molecule has 0 bridgehead atoms. The number of methoxy groups -OCH3 is 1. The van der Waals surface area contributed by atoms with Crippen molar-refractivity contribution < 1.29 is 19.1 Å². The van der Waals surface area contributed by atoms with Gasteiger partial charge in [-0.2, -0.15) is 0 Å². The smallest absolute Gasteiger partial charge is 0.325 e. The van der Waals surface area contributed by atoms with Crippen LogP contribution in [0.15, 0.2) is 0 Å². The van der Waals surface area contributed by atoms with Crippen LogP contribution >= 0.6 is 0 Å². The average Bonchev–Trinajstić information content (AvgIpc) is 2.55. The first-order valence-electron chi connectivity index (χ1n) is 7.19. The SMILES string of the molecule is COCC1(CNC(=O)CN2C(=O)NC(C)(C)C2=O)CCC1. The fourth-order valence-corrected chi connectivity index (χ4v) is 2.80. The molecule has 0 spiro atoms. The van der Waals surface area contributed by atoms with Crippen molar-refractivity contribution >= 4 is 17.8 Å². The molecular formula is C14H23N3O4. The first-order valence-corrected chi connectivity index (χ1v) is 7.19. The molecule has 1 saturated carbocycles. The maximum absolute atomic E-state index is 12.0. The molecule has 2 N–H and O–H groups in total. The van der Waals surface area contributed by atoms with Gasteiger partial charge in [0.1, 0.15) is 12.1 Å². The van der Waals surface area contributed by atoms with E-state index in [1.54, 1.807) is 21.0 Å². The lowest BCUT2D eigenvalue weighted by molar-refractivity contribution is -0.134. The molecule has 0 aromatic carbocycles. The third-order valence-corrected chi connectivity index (χ3v) is 4.27. The van der Waals surface area contributed by atoms with Crippen LogP contribution in [-0.2, 0) is 14.3 Å². The molecule has 1 saturated heterocycles. The van der Waals surface area contributed by atoms with Gasteiger partial charge in [-0.3, -0.25) is 14.5 Å². The summed E-state index contributed by atoms with van der Waals surface area (Å²) in [5.74, 6) is -0.698. The zero-order valence-electron chi connectivity index (χ0n) is 12.8. The second kappa shape index (κ2) is 5.63. The number of carbonyl (C=O) groups excluding carboxylic acids is 3. The third kappa shape index (κ3) is 3.18. The predicted octanol–water partition coefficient (Wildman–Crippen LogP) is 0.250. The summed E-state index contributed by atoms with van der Waals surface area (Å²) in [6.07, 6.45) is 3.19. The normalized spacial score (nSPS) is 22.7. The summed E-state index contributed by atoms with van der Waals surface area (Å²) in [5, 5.41) is 5.36. The summed E-state index contributed by atoms with van der Waals surface area (Å²) in [6.45, 7) is 4.13. The van der Waals surface area contributed by atoms with Gasteiger partial charge in [-0.15, -0.1) is 0 Å². The van der Waals surface area contributed by atoms with Crippen molar-refractivity contribution in [3.63, 3.8) is 0 Å². The Balaban J connectivity index is 1.85. The van der Waals surface area contributed by atoms with Gasteiger partial charge in [0.05, 0.1) is 6.61 Å². The fraction of sp³-hybridized carbons (Fsp3) is 0.786. The van der Waals surface area contributed by atoms with Gasteiger partial charge in [0.2, 0.25) is 5.91 Å². The molecule has 0 aromatic heterocycles. The van der Waals surface area contributed by atoms with Gasteiger partial charge >= 0.3 is 6.03 Å². The van der Waals surface area contributed by atoms with Gasteiger partial charge in [-0.25, -0.2) is 4.79 Å². The molecule has 0 aromatic rings. The van der Waals surface area contributed by atoms with Crippen molar-refractivity contribution in [2.75, 3.05) is 26.8 Å². The first-order chi connectivity index (χ1) is 9.80. The van der Waals surface area contributed by atoms with E-state index in [0.717, 1.165) is 24.2 Å². The predicted molar refractivity (Wildman–Crippen MR) is 75.5 cm³/mol. The van der Waals surface area contributed by atoms with Crippen LogP contribution in [0.2, 0.25) is 0 Å². The average molecular weight is 297 g/mol. The zero-order valence-corrected chi connectivity index (χ0v) is 12.8.